The lowest BCUT2D eigenvalue weighted by molar-refractivity contribution is -0.131. The van der Waals surface area contributed by atoms with Gasteiger partial charge in [0.05, 0.1) is 6.33 Å². The van der Waals surface area contributed by atoms with E-state index in [1.165, 1.54) is 26.0 Å². The van der Waals surface area contributed by atoms with Gasteiger partial charge in [0.2, 0.25) is 0 Å². The molecule has 0 saturated heterocycles. The minimum atomic E-state index is -1.87. The van der Waals surface area contributed by atoms with E-state index in [0.29, 0.717) is 10.8 Å². The smallest absolute Gasteiger partial charge is 0.257 e. The molecule has 1 amide bonds. The van der Waals surface area contributed by atoms with Crippen molar-refractivity contribution in [2.45, 2.75) is 57.3 Å². The Labute approximate surface area is 156 Å². The van der Waals surface area contributed by atoms with Crippen LogP contribution < -0.4 is 5.32 Å². The first-order valence-electron chi connectivity index (χ1n) is 8.74. The summed E-state index contributed by atoms with van der Waals surface area (Å²) in [7, 11) is 0. The highest BCUT2D eigenvalue weighted by Gasteiger charge is 2.31. The van der Waals surface area contributed by atoms with Crippen LogP contribution in [0.4, 0.5) is 8.78 Å². The Kier molecular flexibility index (Phi) is 5.32. The third-order valence-corrected chi connectivity index (χ3v) is 5.19. The maximum atomic E-state index is 13.7. The summed E-state index contributed by atoms with van der Waals surface area (Å²) < 4.78 is 28.7. The predicted octanol–water partition coefficient (Wildman–Crippen LogP) is 4.69. The average Bonchev–Trinajstić information content (AvgIpc) is 2.97. The van der Waals surface area contributed by atoms with E-state index in [2.05, 4.69) is 10.3 Å². The highest BCUT2D eigenvalue weighted by molar-refractivity contribution is 6.32. The van der Waals surface area contributed by atoms with Crippen molar-refractivity contribution < 1.29 is 13.6 Å². The molecule has 3 rings (SSSR count). The summed E-state index contributed by atoms with van der Waals surface area (Å²) in [4.78, 5) is 16.2. The van der Waals surface area contributed by atoms with Gasteiger partial charge < -0.3 is 9.88 Å². The van der Waals surface area contributed by atoms with E-state index in [1.807, 2.05) is 4.57 Å². The number of aromatic nitrogens is 2. The zero-order chi connectivity index (χ0) is 18.9. The lowest BCUT2D eigenvalue weighted by atomic mass is 9.90. The number of alkyl halides is 1. The lowest BCUT2D eigenvalue weighted by Crippen LogP contribution is -2.45. The molecule has 4 nitrogen and oxygen atoms in total. The van der Waals surface area contributed by atoms with Gasteiger partial charge in [0.25, 0.3) is 5.91 Å². The van der Waals surface area contributed by atoms with Gasteiger partial charge in [-0.05, 0) is 63.8 Å². The second-order valence-electron chi connectivity index (χ2n) is 7.25. The number of hydrogen-bond donors (Lipinski definition) is 1. The van der Waals surface area contributed by atoms with E-state index in [4.69, 9.17) is 11.6 Å². The standard InChI is InChI=1S/C19H22ClF2N3O/c1-19(2,22)18(26)24-14-7-9-15(10-8-14)25-11-23-16(17(25)20)12-3-5-13(21)6-4-12/h3-6,11,14-15H,7-10H2,1-2H3,(H,24,26). The average molecular weight is 382 g/mol. The van der Waals surface area contributed by atoms with Crippen LogP contribution in [0.2, 0.25) is 5.15 Å². The van der Waals surface area contributed by atoms with E-state index in [0.717, 1.165) is 31.2 Å². The maximum absolute atomic E-state index is 13.7. The Morgan fingerprint density at radius 2 is 1.85 bits per heavy atom. The van der Waals surface area contributed by atoms with Crippen LogP contribution in [-0.4, -0.2) is 27.2 Å². The molecule has 0 unspecified atom stereocenters. The Balaban J connectivity index is 1.65. The van der Waals surface area contributed by atoms with Crippen LogP contribution in [0.15, 0.2) is 30.6 Å². The number of carbonyl (C=O) groups is 1. The molecule has 1 heterocycles. The Hall–Kier alpha value is -1.95. The predicted molar refractivity (Wildman–Crippen MR) is 97.3 cm³/mol. The molecule has 1 aromatic heterocycles. The van der Waals surface area contributed by atoms with Gasteiger partial charge in [0, 0.05) is 17.6 Å². The molecule has 7 heteroatoms. The fourth-order valence-corrected chi connectivity index (χ4v) is 3.60. The number of rotatable bonds is 4. The molecule has 0 spiro atoms. The Morgan fingerprint density at radius 3 is 2.42 bits per heavy atom. The summed E-state index contributed by atoms with van der Waals surface area (Å²) in [5.41, 5.74) is -0.475. The summed E-state index contributed by atoms with van der Waals surface area (Å²) in [6, 6.07) is 6.22. The van der Waals surface area contributed by atoms with Crippen molar-refractivity contribution in [3.8, 4) is 11.3 Å². The number of hydrogen-bond acceptors (Lipinski definition) is 2. The zero-order valence-corrected chi connectivity index (χ0v) is 15.6. The first kappa shape index (κ1) is 18.8. The first-order chi connectivity index (χ1) is 12.3. The number of carbonyl (C=O) groups excluding carboxylic acids is 1. The van der Waals surface area contributed by atoms with Gasteiger partial charge in [-0.2, -0.15) is 0 Å². The minimum absolute atomic E-state index is 0.0207. The normalized spacial score (nSPS) is 20.8. The van der Waals surface area contributed by atoms with Crippen LogP contribution in [0.3, 0.4) is 0 Å². The monoisotopic (exact) mass is 381 g/mol. The molecule has 0 radical (unpaired) electrons. The van der Waals surface area contributed by atoms with E-state index < -0.39 is 11.6 Å². The van der Waals surface area contributed by atoms with Crippen LogP contribution in [0.5, 0.6) is 0 Å². The molecule has 1 N–H and O–H groups in total. The van der Waals surface area contributed by atoms with Gasteiger partial charge in [-0.3, -0.25) is 4.79 Å². The summed E-state index contributed by atoms with van der Waals surface area (Å²) in [6.07, 6.45) is 4.85. The second-order valence-corrected chi connectivity index (χ2v) is 7.61. The highest BCUT2D eigenvalue weighted by Crippen LogP contribution is 2.35. The molecule has 0 bridgehead atoms. The van der Waals surface area contributed by atoms with Crippen LogP contribution >= 0.6 is 11.6 Å². The van der Waals surface area contributed by atoms with Gasteiger partial charge >= 0.3 is 0 Å². The van der Waals surface area contributed by atoms with Crippen LogP contribution in [-0.2, 0) is 4.79 Å². The van der Waals surface area contributed by atoms with Gasteiger partial charge in [0.15, 0.2) is 5.67 Å². The number of nitrogens with one attached hydrogen (secondary N) is 1. The lowest BCUT2D eigenvalue weighted by Gasteiger charge is -2.31. The fraction of sp³-hybridized carbons (Fsp3) is 0.474. The number of halogens is 3. The molecule has 0 aliphatic heterocycles. The summed E-state index contributed by atoms with van der Waals surface area (Å²) in [6.45, 7) is 2.52. The molecule has 1 saturated carbocycles. The van der Waals surface area contributed by atoms with E-state index in [1.54, 1.807) is 18.5 Å². The molecular weight excluding hydrogens is 360 g/mol. The van der Waals surface area contributed by atoms with Gasteiger partial charge in [0.1, 0.15) is 16.7 Å². The molecule has 140 valence electrons. The molecule has 1 aliphatic rings. The fourth-order valence-electron chi connectivity index (χ4n) is 3.26. The van der Waals surface area contributed by atoms with E-state index in [-0.39, 0.29) is 17.9 Å². The number of nitrogens with zero attached hydrogens (tertiary/aromatic N) is 2. The molecule has 2 aromatic rings. The molecule has 0 atom stereocenters. The maximum Gasteiger partial charge on any atom is 0.257 e. The van der Waals surface area contributed by atoms with Crippen molar-refractivity contribution in [3.63, 3.8) is 0 Å². The molecular formula is C19H22ClF2N3O. The van der Waals surface area contributed by atoms with Crippen LogP contribution in [0.1, 0.15) is 45.6 Å². The van der Waals surface area contributed by atoms with Gasteiger partial charge in [-0.15, -0.1) is 0 Å². The van der Waals surface area contributed by atoms with Gasteiger partial charge in [-0.25, -0.2) is 13.8 Å². The summed E-state index contributed by atoms with van der Waals surface area (Å²) >= 11 is 6.50. The van der Waals surface area contributed by atoms with E-state index >= 15 is 0 Å². The largest absolute Gasteiger partial charge is 0.351 e. The molecule has 1 aromatic carbocycles. The summed E-state index contributed by atoms with van der Waals surface area (Å²) in [5.74, 6) is -0.874. The van der Waals surface area contributed by atoms with Crippen molar-refractivity contribution in [1.29, 1.82) is 0 Å². The molecule has 26 heavy (non-hydrogen) atoms. The minimum Gasteiger partial charge on any atom is -0.351 e. The molecule has 1 aliphatic carbocycles. The molecule has 1 fully saturated rings. The SMILES string of the molecule is CC(C)(F)C(=O)NC1CCC(n2cnc(-c3ccc(F)cc3)c2Cl)CC1. The van der Waals surface area contributed by atoms with E-state index in [9.17, 15) is 13.6 Å². The third-order valence-electron chi connectivity index (χ3n) is 4.82. The number of benzene rings is 1. The quantitative estimate of drug-likeness (QED) is 0.835. The Bertz CT molecular complexity index is 775. The zero-order valence-electron chi connectivity index (χ0n) is 14.8. The topological polar surface area (TPSA) is 46.9 Å². The van der Waals surface area contributed by atoms with Crippen LogP contribution in [0.25, 0.3) is 11.3 Å². The van der Waals surface area contributed by atoms with Crippen LogP contribution in [0, 0.1) is 5.82 Å². The Morgan fingerprint density at radius 1 is 1.23 bits per heavy atom. The van der Waals surface area contributed by atoms with Crippen molar-refractivity contribution in [2.75, 3.05) is 0 Å². The number of imidazole rings is 1. The van der Waals surface area contributed by atoms with Crippen molar-refractivity contribution in [3.05, 3.63) is 41.6 Å². The highest BCUT2D eigenvalue weighted by atomic mass is 35.5. The van der Waals surface area contributed by atoms with Crippen molar-refractivity contribution >= 4 is 17.5 Å². The third kappa shape index (κ3) is 4.06. The first-order valence-corrected chi connectivity index (χ1v) is 9.11. The van der Waals surface area contributed by atoms with Crippen molar-refractivity contribution in [2.24, 2.45) is 0 Å². The van der Waals surface area contributed by atoms with Gasteiger partial charge in [-0.1, -0.05) is 11.6 Å². The summed E-state index contributed by atoms with van der Waals surface area (Å²) in [5, 5.41) is 3.30. The number of amides is 1. The second kappa shape index (κ2) is 7.35. The van der Waals surface area contributed by atoms with Crippen molar-refractivity contribution in [1.82, 2.24) is 14.9 Å².